The van der Waals surface area contributed by atoms with Crippen LogP contribution in [0.3, 0.4) is 0 Å². The standard InChI is InChI=1S/C12H18F2O3/c1-10(2)7-4-5-11(10,3)8(6-7)17-12(13,14)9(15)16/h7-8H,4-6H2,1-3H3,(H,15,16)/p-1. The van der Waals surface area contributed by atoms with Crippen molar-refractivity contribution in [3.05, 3.63) is 0 Å². The molecule has 5 heteroatoms. The number of carbonyl (C=O) groups excluding carboxylic acids is 1. The van der Waals surface area contributed by atoms with Gasteiger partial charge in [0.25, 0.3) is 0 Å². The largest absolute Gasteiger partial charge is 0.542 e. The van der Waals surface area contributed by atoms with Gasteiger partial charge in [-0.2, -0.15) is 8.78 Å². The number of halogens is 2. The van der Waals surface area contributed by atoms with Crippen LogP contribution in [0.2, 0.25) is 0 Å². The molecule has 3 unspecified atom stereocenters. The molecular weight excluding hydrogens is 230 g/mol. The SMILES string of the molecule is CC1(C)C2CCC1(C)C(OC(F)(F)C(=O)[O-])C2. The van der Waals surface area contributed by atoms with E-state index in [1.54, 1.807) is 0 Å². The zero-order chi connectivity index (χ0) is 13.1. The molecule has 0 amide bonds. The first-order valence-electron chi connectivity index (χ1n) is 5.88. The predicted octanol–water partition coefficient (Wildman–Crippen LogP) is 1.56. The van der Waals surface area contributed by atoms with Gasteiger partial charge in [0.1, 0.15) is 5.97 Å². The molecule has 0 spiro atoms. The maximum Gasteiger partial charge on any atom is 0.397 e. The Morgan fingerprint density at radius 1 is 1.41 bits per heavy atom. The Hall–Kier alpha value is -0.710. The summed E-state index contributed by atoms with van der Waals surface area (Å²) >= 11 is 0. The highest BCUT2D eigenvalue weighted by Crippen LogP contribution is 2.66. The fourth-order valence-corrected chi connectivity index (χ4v) is 3.54. The third-order valence-corrected chi connectivity index (χ3v) is 5.24. The highest BCUT2D eigenvalue weighted by Gasteiger charge is 2.63. The number of hydrogen-bond acceptors (Lipinski definition) is 3. The van der Waals surface area contributed by atoms with E-state index >= 15 is 0 Å². The van der Waals surface area contributed by atoms with Gasteiger partial charge < -0.3 is 14.6 Å². The van der Waals surface area contributed by atoms with E-state index in [4.69, 9.17) is 0 Å². The summed E-state index contributed by atoms with van der Waals surface area (Å²) in [5.41, 5.74) is -0.462. The summed E-state index contributed by atoms with van der Waals surface area (Å²) in [4.78, 5) is 10.3. The Morgan fingerprint density at radius 3 is 2.35 bits per heavy atom. The van der Waals surface area contributed by atoms with Crippen molar-refractivity contribution in [2.75, 3.05) is 0 Å². The van der Waals surface area contributed by atoms with Gasteiger partial charge in [0.05, 0.1) is 6.10 Å². The van der Waals surface area contributed by atoms with Crippen molar-refractivity contribution in [2.24, 2.45) is 16.7 Å². The Balaban J connectivity index is 2.19. The van der Waals surface area contributed by atoms with Crippen molar-refractivity contribution < 1.29 is 23.4 Å². The van der Waals surface area contributed by atoms with Crippen LogP contribution in [0, 0.1) is 16.7 Å². The van der Waals surface area contributed by atoms with E-state index in [0.29, 0.717) is 12.3 Å². The molecule has 2 saturated carbocycles. The first kappa shape index (κ1) is 12.7. The van der Waals surface area contributed by atoms with Crippen molar-refractivity contribution >= 4 is 5.97 Å². The number of rotatable bonds is 3. The van der Waals surface area contributed by atoms with Crippen molar-refractivity contribution in [3.63, 3.8) is 0 Å². The molecule has 0 aromatic rings. The topological polar surface area (TPSA) is 49.4 Å². The normalized spacial score (nSPS) is 39.6. The van der Waals surface area contributed by atoms with Gasteiger partial charge in [-0.05, 0) is 36.0 Å². The molecule has 0 radical (unpaired) electrons. The van der Waals surface area contributed by atoms with Gasteiger partial charge in [0, 0.05) is 0 Å². The molecule has 17 heavy (non-hydrogen) atoms. The van der Waals surface area contributed by atoms with Crippen molar-refractivity contribution in [1.82, 2.24) is 0 Å². The molecule has 3 atom stereocenters. The number of carboxylic acids is 1. The lowest BCUT2D eigenvalue weighted by Crippen LogP contribution is -2.49. The third-order valence-electron chi connectivity index (χ3n) is 5.24. The van der Waals surface area contributed by atoms with Crippen LogP contribution in [-0.4, -0.2) is 18.2 Å². The molecule has 2 fully saturated rings. The molecule has 2 aliphatic carbocycles. The number of aliphatic carboxylic acids is 1. The molecule has 0 saturated heterocycles. The highest BCUT2D eigenvalue weighted by atomic mass is 19.3. The Morgan fingerprint density at radius 2 is 2.00 bits per heavy atom. The van der Waals surface area contributed by atoms with Crippen LogP contribution in [0.4, 0.5) is 8.78 Å². The lowest BCUT2D eigenvalue weighted by Gasteiger charge is -2.40. The number of carbonyl (C=O) groups is 1. The van der Waals surface area contributed by atoms with Gasteiger partial charge in [0.2, 0.25) is 0 Å². The molecular formula is C12H17F2O3-. The second-order valence-corrected chi connectivity index (χ2v) is 6.02. The number of hydrogen-bond donors (Lipinski definition) is 0. The van der Waals surface area contributed by atoms with Crippen LogP contribution in [0.5, 0.6) is 0 Å². The molecule has 3 nitrogen and oxygen atoms in total. The van der Waals surface area contributed by atoms with Crippen LogP contribution in [0.15, 0.2) is 0 Å². The Kier molecular flexibility index (Phi) is 2.55. The summed E-state index contributed by atoms with van der Waals surface area (Å²) in [5.74, 6) is -2.13. The Labute approximate surface area is 99.1 Å². The molecule has 0 aromatic heterocycles. The molecule has 98 valence electrons. The summed E-state index contributed by atoms with van der Waals surface area (Å²) in [7, 11) is 0. The minimum atomic E-state index is -4.19. The maximum absolute atomic E-state index is 13.1. The molecule has 0 N–H and O–H groups in total. The predicted molar refractivity (Wildman–Crippen MR) is 54.1 cm³/mol. The quantitative estimate of drug-likeness (QED) is 0.760. The molecule has 2 aliphatic rings. The van der Waals surface area contributed by atoms with Gasteiger partial charge in [-0.15, -0.1) is 0 Å². The van der Waals surface area contributed by atoms with E-state index in [1.807, 2.05) is 20.8 Å². The van der Waals surface area contributed by atoms with E-state index in [2.05, 4.69) is 4.74 Å². The molecule has 2 bridgehead atoms. The zero-order valence-corrected chi connectivity index (χ0v) is 10.3. The minimum absolute atomic E-state index is 0.0837. The summed E-state index contributed by atoms with van der Waals surface area (Å²) in [6.07, 6.45) is -2.58. The van der Waals surface area contributed by atoms with Gasteiger partial charge in [-0.25, -0.2) is 0 Å². The fraction of sp³-hybridized carbons (Fsp3) is 0.917. The third kappa shape index (κ3) is 1.58. The lowest BCUT2D eigenvalue weighted by molar-refractivity contribution is -0.372. The van der Waals surface area contributed by atoms with Crippen molar-refractivity contribution in [2.45, 2.75) is 52.2 Å². The van der Waals surface area contributed by atoms with E-state index in [-0.39, 0.29) is 10.8 Å². The van der Waals surface area contributed by atoms with Gasteiger partial charge in [0.15, 0.2) is 0 Å². The minimum Gasteiger partial charge on any atom is -0.542 e. The summed E-state index contributed by atoms with van der Waals surface area (Å²) in [6.45, 7) is 6.01. The van der Waals surface area contributed by atoms with Gasteiger partial charge >= 0.3 is 6.11 Å². The molecule has 0 aliphatic heterocycles. The number of ether oxygens (including phenoxy) is 1. The molecule has 2 rings (SSSR count). The molecule has 0 heterocycles. The van der Waals surface area contributed by atoms with Gasteiger partial charge in [-0.1, -0.05) is 20.8 Å². The summed E-state index contributed by atoms with van der Waals surface area (Å²) in [5, 5.41) is 10.3. The second-order valence-electron chi connectivity index (χ2n) is 6.02. The van der Waals surface area contributed by atoms with E-state index in [9.17, 15) is 18.7 Å². The first-order valence-corrected chi connectivity index (χ1v) is 5.88. The summed E-state index contributed by atoms with van der Waals surface area (Å²) in [6, 6.07) is 0. The first-order chi connectivity index (χ1) is 7.61. The molecule has 0 aromatic carbocycles. The lowest BCUT2D eigenvalue weighted by atomic mass is 9.70. The average Bonchev–Trinajstić information content (AvgIpc) is 2.49. The van der Waals surface area contributed by atoms with Crippen molar-refractivity contribution in [1.29, 1.82) is 0 Å². The second kappa shape index (κ2) is 3.40. The maximum atomic E-state index is 13.1. The Bertz CT molecular complexity index is 354. The average molecular weight is 247 g/mol. The number of carboxylic acid groups (broad SMARTS) is 1. The number of fused-ring (bicyclic) bond motifs is 2. The smallest absolute Gasteiger partial charge is 0.397 e. The van der Waals surface area contributed by atoms with Gasteiger partial charge in [-0.3, -0.25) is 0 Å². The van der Waals surface area contributed by atoms with E-state index < -0.39 is 18.2 Å². The van der Waals surface area contributed by atoms with Crippen LogP contribution in [-0.2, 0) is 9.53 Å². The van der Waals surface area contributed by atoms with Crippen LogP contribution >= 0.6 is 0 Å². The zero-order valence-electron chi connectivity index (χ0n) is 10.3. The van der Waals surface area contributed by atoms with E-state index in [1.165, 1.54) is 0 Å². The van der Waals surface area contributed by atoms with Crippen LogP contribution in [0.1, 0.15) is 40.0 Å². The summed E-state index contributed by atoms with van der Waals surface area (Å²) < 4.78 is 30.7. The highest BCUT2D eigenvalue weighted by molar-refractivity contribution is 5.71. The number of alkyl halides is 2. The van der Waals surface area contributed by atoms with Crippen LogP contribution in [0.25, 0.3) is 0 Å². The van der Waals surface area contributed by atoms with Crippen LogP contribution < -0.4 is 5.11 Å². The van der Waals surface area contributed by atoms with E-state index in [0.717, 1.165) is 12.8 Å². The van der Waals surface area contributed by atoms with Crippen molar-refractivity contribution in [3.8, 4) is 0 Å². The fourth-order valence-electron chi connectivity index (χ4n) is 3.54. The monoisotopic (exact) mass is 247 g/mol.